The quantitative estimate of drug-likeness (QED) is 0.0200. The lowest BCUT2D eigenvalue weighted by atomic mass is 9.90. The van der Waals surface area contributed by atoms with Gasteiger partial charge in [-0.15, -0.1) is 0 Å². The van der Waals surface area contributed by atoms with Crippen LogP contribution in [0.1, 0.15) is 203 Å². The number of carbonyl (C=O) groups is 7. The number of rotatable bonds is 24. The van der Waals surface area contributed by atoms with Crippen LogP contribution in [0.2, 0.25) is 0 Å². The maximum atomic E-state index is 16.0. The number of aliphatic hydroxyl groups is 1. The van der Waals surface area contributed by atoms with Crippen molar-refractivity contribution in [3.8, 4) is 56.3 Å². The molecular formula is C98H118N16O16. The van der Waals surface area contributed by atoms with E-state index in [1.807, 2.05) is 84.8 Å². The van der Waals surface area contributed by atoms with Crippen LogP contribution in [0.4, 0.5) is 14.4 Å². The Balaban J connectivity index is 0.554. The van der Waals surface area contributed by atoms with Gasteiger partial charge in [0, 0.05) is 109 Å². The van der Waals surface area contributed by atoms with Gasteiger partial charge in [-0.05, 0) is 208 Å². The molecule has 9 N–H and O–H groups in total. The van der Waals surface area contributed by atoms with Gasteiger partial charge < -0.3 is 98.5 Å². The highest BCUT2D eigenvalue weighted by Crippen LogP contribution is 2.52. The van der Waals surface area contributed by atoms with Crippen molar-refractivity contribution in [3.63, 3.8) is 0 Å². The standard InChI is InChI=1S/C98H118N16O16/c1-11-62-21-27-76(112(62)91(115)81(49(3)4)107-95(119)123-8)88-100-45-72(104-88)57-18-23-64-60(37-57)47-129-79-42-65-54(38-67(64)79)19-24-69-85(65)105-89(101-69)77-40-58-14-13-15-74(58)114(77)94(118)84(53-30-34-127-35-31-53)110-98(122)130-48-61-41-78(113(73(61)12-2)92(116)82(50(5)6)108-96(120)124-9)90-102-70-25-20-55-39-68-63-22-17-56(36-59(63)46-128-80(68)43-66(55)86(70)106-90)71-44-99-87(103-71)75-26-16-51(7)111(75)93(117)83(109-97(121)125-10)52-28-32-126-33-29-52/h17-20,22-25,36-39,42-45,49-53,58,61-62,73-78,81-84,97,109,121H,11-16,21,26-35,40-41,46-48H2,1-10H3,(H,99,103)(H,100,104)(H,101,105)(H,102,106)(H,107,119)(H,108,120)(H,110,122). The van der Waals surface area contributed by atoms with E-state index in [1.54, 1.807) is 0 Å². The van der Waals surface area contributed by atoms with Crippen LogP contribution in [0.5, 0.6) is 11.5 Å². The number of imidazole rings is 4. The van der Waals surface area contributed by atoms with Crippen LogP contribution in [-0.2, 0) is 60.8 Å². The summed E-state index contributed by atoms with van der Waals surface area (Å²) in [7, 11) is 3.96. The first-order valence-corrected chi connectivity index (χ1v) is 46.7. The van der Waals surface area contributed by atoms with Crippen molar-refractivity contribution in [2.75, 3.05) is 54.4 Å². The molecule has 7 amide bonds. The van der Waals surface area contributed by atoms with Gasteiger partial charge >= 0.3 is 18.3 Å². The minimum Gasteiger partial charge on any atom is -0.488 e. The molecule has 9 aliphatic rings. The number of nitrogens with one attached hydrogen (secondary N) is 8. The number of hydrogen-bond acceptors (Lipinski definition) is 21. The molecule has 130 heavy (non-hydrogen) atoms. The molecule has 8 aliphatic heterocycles. The molecule has 1 saturated carbocycles. The normalized spacial score (nSPS) is 23.8. The largest absolute Gasteiger partial charge is 0.488 e. The van der Waals surface area contributed by atoms with Crippen molar-refractivity contribution in [2.24, 2.45) is 35.5 Å². The summed E-state index contributed by atoms with van der Waals surface area (Å²) in [6.07, 6.45) is 10.9. The zero-order valence-corrected chi connectivity index (χ0v) is 75.4. The summed E-state index contributed by atoms with van der Waals surface area (Å²) >= 11 is 0. The lowest BCUT2D eigenvalue weighted by Crippen LogP contribution is -2.55. The second-order valence-electron chi connectivity index (χ2n) is 37.6. The third-order valence-corrected chi connectivity index (χ3v) is 29.5. The summed E-state index contributed by atoms with van der Waals surface area (Å²) in [5, 5.41) is 26.0. The third-order valence-electron chi connectivity index (χ3n) is 29.5. The van der Waals surface area contributed by atoms with Crippen LogP contribution in [0, 0.1) is 35.5 Å². The molecule has 12 heterocycles. The highest BCUT2D eigenvalue weighted by molar-refractivity contribution is 6.08. The number of hydrogen-bond donors (Lipinski definition) is 9. The fourth-order valence-corrected chi connectivity index (χ4v) is 22.7. The number of nitrogens with zero attached hydrogens (tertiary/aromatic N) is 8. The Bertz CT molecular complexity index is 5970. The molecule has 0 spiro atoms. The van der Waals surface area contributed by atoms with Crippen molar-refractivity contribution in [2.45, 2.75) is 237 Å². The minimum absolute atomic E-state index is 0.00759. The lowest BCUT2D eigenvalue weighted by molar-refractivity contribution is -0.149. The van der Waals surface area contributed by atoms with Crippen molar-refractivity contribution in [1.29, 1.82) is 0 Å². The van der Waals surface area contributed by atoms with Crippen molar-refractivity contribution < 1.29 is 76.6 Å². The van der Waals surface area contributed by atoms with Gasteiger partial charge in [0.15, 0.2) is 0 Å². The summed E-state index contributed by atoms with van der Waals surface area (Å²) in [6.45, 7) is 16.2. The van der Waals surface area contributed by atoms with E-state index in [4.69, 9.17) is 57.8 Å². The molecule has 6 saturated heterocycles. The van der Waals surface area contributed by atoms with Crippen LogP contribution in [-0.4, -0.2) is 216 Å². The Morgan fingerprint density at radius 2 is 1.04 bits per heavy atom. The Hall–Kier alpha value is -11.7. The molecule has 6 aromatic carbocycles. The van der Waals surface area contributed by atoms with E-state index in [-0.39, 0.29) is 96.6 Å². The number of methoxy groups -OCH3 is 3. The highest BCUT2D eigenvalue weighted by Gasteiger charge is 2.53. The number of likely N-dealkylation sites (tertiary alicyclic amines) is 4. The van der Waals surface area contributed by atoms with Gasteiger partial charge in [-0.3, -0.25) is 24.5 Å². The minimum atomic E-state index is -1.30. The van der Waals surface area contributed by atoms with Crippen LogP contribution in [0.25, 0.3) is 88.4 Å². The first-order valence-electron chi connectivity index (χ1n) is 46.7. The zero-order valence-electron chi connectivity index (χ0n) is 75.4. The fourth-order valence-electron chi connectivity index (χ4n) is 22.7. The van der Waals surface area contributed by atoms with E-state index in [0.717, 1.165) is 151 Å². The average molecular weight is 1780 g/mol. The zero-order chi connectivity index (χ0) is 90.2. The molecule has 32 nitrogen and oxygen atoms in total. The average Bonchev–Trinajstić information content (AvgIpc) is 1.55. The SMILES string of the molecule is CCC1CCC(c2nc(-c3ccc4c(c3)COc3cc5c(ccc6[nH]c(C7CC8CCCC8N7C(=O)C(NC(=O)OCC7CC(c8nc9c(ccc%10cc%11c(cc%109)OCc9cc(-c%10c[nH]c(C%12CCC(C)N%12C(=O)C(NC(O)OC)C%12CCOCC%12)n%10)ccc9-%11)[nH]8)N(C(=O)C(NC(=O)OC)C(C)C)C7CC)C7CCOCC7)nc65)cc3-4)c[nH]2)N1C(=O)C(NC(=O)OC)C(C)C. The first kappa shape index (κ1) is 87.6. The molecule has 0 bridgehead atoms. The summed E-state index contributed by atoms with van der Waals surface area (Å²) < 4.78 is 46.4. The third kappa shape index (κ3) is 16.4. The first-order chi connectivity index (χ1) is 63.0. The predicted octanol–water partition coefficient (Wildman–Crippen LogP) is 14.5. The lowest BCUT2D eigenvalue weighted by Gasteiger charge is -2.37. The molecule has 19 rings (SSSR count). The van der Waals surface area contributed by atoms with Crippen LogP contribution >= 0.6 is 0 Å². The number of ether oxygens (including phenoxy) is 8. The Kier molecular flexibility index (Phi) is 24.6. The van der Waals surface area contributed by atoms with E-state index in [2.05, 4.69) is 122 Å². The number of fused-ring (bicyclic) bond motifs is 13. The second kappa shape index (κ2) is 36.6. The molecule has 15 unspecified atom stereocenters. The van der Waals surface area contributed by atoms with Gasteiger partial charge in [0.05, 0.1) is 84.5 Å². The number of aliphatic hydroxyl groups excluding tert-OH is 1. The molecule has 0 radical (unpaired) electrons. The Labute approximate surface area is 753 Å². The number of H-pyrrole nitrogens is 4. The predicted molar refractivity (Wildman–Crippen MR) is 484 cm³/mol. The fraction of sp³-hybridized carbons (Fsp3) is 0.520. The number of aromatic amines is 4. The van der Waals surface area contributed by atoms with Crippen molar-refractivity contribution >= 4 is 85.5 Å². The van der Waals surface area contributed by atoms with Gasteiger partial charge in [0.2, 0.25) is 30.0 Å². The molecule has 32 heteroatoms. The topological polar surface area (TPSA) is 389 Å². The van der Waals surface area contributed by atoms with E-state index >= 15 is 9.59 Å². The molecule has 7 fully saturated rings. The van der Waals surface area contributed by atoms with Crippen molar-refractivity contribution in [3.05, 3.63) is 132 Å². The molecule has 4 aromatic heterocycles. The second-order valence-corrected chi connectivity index (χ2v) is 37.6. The van der Waals surface area contributed by atoms with Crippen LogP contribution in [0.15, 0.2) is 97.3 Å². The van der Waals surface area contributed by atoms with E-state index in [1.165, 1.54) is 21.3 Å². The maximum Gasteiger partial charge on any atom is 0.407 e. The number of benzene rings is 6. The molecule has 10 aromatic rings. The van der Waals surface area contributed by atoms with Gasteiger partial charge in [0.25, 0.3) is 0 Å². The number of alkyl carbamates (subject to hydrolysis) is 3. The summed E-state index contributed by atoms with van der Waals surface area (Å²) in [6, 6.07) is 23.5. The highest BCUT2D eigenvalue weighted by atomic mass is 16.6. The van der Waals surface area contributed by atoms with Crippen molar-refractivity contribution in [1.82, 2.24) is 80.7 Å². The van der Waals surface area contributed by atoms with Gasteiger partial charge in [-0.25, -0.2) is 34.3 Å². The van der Waals surface area contributed by atoms with E-state index in [9.17, 15) is 29.1 Å². The number of carbonyl (C=O) groups excluding carboxylic acids is 7. The summed E-state index contributed by atoms with van der Waals surface area (Å²) in [4.78, 5) is 144. The molecular weight excluding hydrogens is 1660 g/mol. The Morgan fingerprint density at radius 3 is 1.57 bits per heavy atom. The molecule has 1 aliphatic carbocycles. The Morgan fingerprint density at radius 1 is 0.515 bits per heavy atom. The van der Waals surface area contributed by atoms with Crippen LogP contribution in [0.3, 0.4) is 0 Å². The van der Waals surface area contributed by atoms with Crippen LogP contribution < -0.4 is 30.7 Å². The number of aromatic nitrogens is 8. The van der Waals surface area contributed by atoms with Gasteiger partial charge in [0.1, 0.15) is 66.1 Å². The van der Waals surface area contributed by atoms with Gasteiger partial charge in [-0.1, -0.05) is 84.4 Å². The monoisotopic (exact) mass is 1770 g/mol. The number of amides is 7. The summed E-state index contributed by atoms with van der Waals surface area (Å²) in [5.74, 6) is 2.20. The van der Waals surface area contributed by atoms with E-state index in [0.29, 0.717) is 113 Å². The van der Waals surface area contributed by atoms with E-state index < -0.39 is 72.9 Å². The van der Waals surface area contributed by atoms with Gasteiger partial charge in [-0.2, -0.15) is 0 Å². The molecule has 15 atom stereocenters. The smallest absolute Gasteiger partial charge is 0.407 e. The summed E-state index contributed by atoms with van der Waals surface area (Å²) in [5.41, 5.74) is 12.2. The molecule has 686 valence electrons. The maximum absolute atomic E-state index is 16.0.